The highest BCUT2D eigenvalue weighted by atomic mass is 16.6. The first kappa shape index (κ1) is 8.74. The number of fused-ring (bicyclic) bond motifs is 1. The van der Waals surface area contributed by atoms with E-state index in [-0.39, 0.29) is 13.2 Å². The zero-order valence-corrected chi connectivity index (χ0v) is 6.83. The number of aliphatic hydroxyl groups is 3. The van der Waals surface area contributed by atoms with Crippen LogP contribution >= 0.6 is 0 Å². The van der Waals surface area contributed by atoms with Crippen LogP contribution in [0.4, 0.5) is 4.79 Å². The SMILES string of the molecule is O=C1OC[C@@H]2[C@@H](O)[C@H](O)[C@H](CO)N12. The molecule has 0 aromatic heterocycles. The van der Waals surface area contributed by atoms with Crippen molar-refractivity contribution >= 4 is 6.09 Å². The van der Waals surface area contributed by atoms with E-state index < -0.39 is 30.4 Å². The van der Waals surface area contributed by atoms with Crippen LogP contribution in [0, 0.1) is 0 Å². The quantitative estimate of drug-likeness (QED) is 0.439. The van der Waals surface area contributed by atoms with Crippen molar-refractivity contribution in [1.29, 1.82) is 0 Å². The summed E-state index contributed by atoms with van der Waals surface area (Å²) >= 11 is 0. The van der Waals surface area contributed by atoms with Crippen molar-refractivity contribution in [3.05, 3.63) is 0 Å². The molecule has 0 bridgehead atoms. The summed E-state index contributed by atoms with van der Waals surface area (Å²) < 4.78 is 4.68. The fraction of sp³-hybridized carbons (Fsp3) is 0.857. The Morgan fingerprint density at radius 1 is 1.46 bits per heavy atom. The summed E-state index contributed by atoms with van der Waals surface area (Å²) in [6.07, 6.45) is -2.69. The molecule has 3 N–H and O–H groups in total. The number of aliphatic hydroxyl groups excluding tert-OH is 3. The zero-order chi connectivity index (χ0) is 9.59. The van der Waals surface area contributed by atoms with Gasteiger partial charge in [0.05, 0.1) is 18.7 Å². The Bertz CT molecular complexity index is 231. The van der Waals surface area contributed by atoms with Gasteiger partial charge in [0.1, 0.15) is 18.8 Å². The van der Waals surface area contributed by atoms with Crippen LogP contribution in [0.2, 0.25) is 0 Å². The van der Waals surface area contributed by atoms with Gasteiger partial charge in [0.25, 0.3) is 0 Å². The lowest BCUT2D eigenvalue weighted by Crippen LogP contribution is -2.41. The van der Waals surface area contributed by atoms with Gasteiger partial charge in [0.15, 0.2) is 0 Å². The number of cyclic esters (lactones) is 1. The van der Waals surface area contributed by atoms with Crippen LogP contribution in [0.15, 0.2) is 0 Å². The Morgan fingerprint density at radius 2 is 2.15 bits per heavy atom. The zero-order valence-electron chi connectivity index (χ0n) is 6.83. The van der Waals surface area contributed by atoms with Crippen LogP contribution < -0.4 is 0 Å². The number of carbonyl (C=O) groups is 1. The number of hydrogen-bond acceptors (Lipinski definition) is 5. The molecule has 2 rings (SSSR count). The number of amides is 1. The van der Waals surface area contributed by atoms with Crippen LogP contribution in [0.3, 0.4) is 0 Å². The Morgan fingerprint density at radius 3 is 2.77 bits per heavy atom. The lowest BCUT2D eigenvalue weighted by atomic mass is 10.1. The highest BCUT2D eigenvalue weighted by Crippen LogP contribution is 2.30. The van der Waals surface area contributed by atoms with Gasteiger partial charge in [0, 0.05) is 0 Å². The first-order chi connectivity index (χ1) is 6.16. The first-order valence-electron chi connectivity index (χ1n) is 4.09. The van der Waals surface area contributed by atoms with E-state index >= 15 is 0 Å². The molecule has 2 aliphatic rings. The summed E-state index contributed by atoms with van der Waals surface area (Å²) in [5.41, 5.74) is 0. The molecule has 6 heteroatoms. The maximum absolute atomic E-state index is 11.1. The molecule has 0 unspecified atom stereocenters. The number of carbonyl (C=O) groups excluding carboxylic acids is 1. The second-order valence-electron chi connectivity index (χ2n) is 3.28. The molecule has 0 radical (unpaired) electrons. The van der Waals surface area contributed by atoms with E-state index in [4.69, 9.17) is 5.11 Å². The Labute approximate surface area is 74.3 Å². The molecule has 6 nitrogen and oxygen atoms in total. The molecular weight excluding hydrogens is 178 g/mol. The molecule has 2 fully saturated rings. The van der Waals surface area contributed by atoms with Crippen molar-refractivity contribution in [2.75, 3.05) is 13.2 Å². The van der Waals surface area contributed by atoms with Crippen molar-refractivity contribution < 1.29 is 24.9 Å². The van der Waals surface area contributed by atoms with Gasteiger partial charge in [-0.1, -0.05) is 0 Å². The van der Waals surface area contributed by atoms with Gasteiger partial charge in [-0.15, -0.1) is 0 Å². The molecule has 0 aromatic carbocycles. The van der Waals surface area contributed by atoms with Gasteiger partial charge < -0.3 is 20.1 Å². The second kappa shape index (κ2) is 2.83. The minimum Gasteiger partial charge on any atom is -0.447 e. The van der Waals surface area contributed by atoms with Gasteiger partial charge in [-0.05, 0) is 0 Å². The lowest BCUT2D eigenvalue weighted by molar-refractivity contribution is 0.00834. The fourth-order valence-electron chi connectivity index (χ4n) is 1.91. The van der Waals surface area contributed by atoms with E-state index in [1.165, 1.54) is 4.90 Å². The predicted octanol–water partition coefficient (Wildman–Crippen LogP) is -2.10. The summed E-state index contributed by atoms with van der Waals surface area (Å²) in [7, 11) is 0. The molecule has 0 aliphatic carbocycles. The molecule has 13 heavy (non-hydrogen) atoms. The molecule has 4 atom stereocenters. The van der Waals surface area contributed by atoms with E-state index in [1.807, 2.05) is 0 Å². The van der Waals surface area contributed by atoms with Crippen molar-refractivity contribution in [3.8, 4) is 0 Å². The van der Waals surface area contributed by atoms with E-state index in [2.05, 4.69) is 4.74 Å². The van der Waals surface area contributed by atoms with Crippen LogP contribution in [0.5, 0.6) is 0 Å². The number of ether oxygens (including phenoxy) is 1. The van der Waals surface area contributed by atoms with Gasteiger partial charge in [0.2, 0.25) is 0 Å². The van der Waals surface area contributed by atoms with Gasteiger partial charge in [-0.2, -0.15) is 0 Å². The normalized spacial score (nSPS) is 43.6. The van der Waals surface area contributed by atoms with E-state index in [0.717, 1.165) is 0 Å². The van der Waals surface area contributed by atoms with Crippen LogP contribution in [0.1, 0.15) is 0 Å². The third-order valence-corrected chi connectivity index (χ3v) is 2.63. The average molecular weight is 189 g/mol. The molecule has 2 saturated heterocycles. The van der Waals surface area contributed by atoms with E-state index in [0.29, 0.717) is 0 Å². The first-order valence-corrected chi connectivity index (χ1v) is 4.09. The second-order valence-corrected chi connectivity index (χ2v) is 3.28. The molecule has 1 amide bonds. The summed E-state index contributed by atoms with van der Waals surface area (Å²) in [6, 6.07) is -1.25. The standard InChI is InChI=1S/C7H11NO5/c9-1-3-5(10)6(11)4-2-13-7(12)8(3)4/h3-6,9-11H,1-2H2/t3-,4+,5+,6+/m0/s1. The largest absolute Gasteiger partial charge is 0.447 e. The third kappa shape index (κ3) is 1.03. The van der Waals surface area contributed by atoms with Crippen LogP contribution in [0.25, 0.3) is 0 Å². The number of rotatable bonds is 1. The summed E-state index contributed by atoms with van der Waals surface area (Å²) in [6.45, 7) is -0.294. The lowest BCUT2D eigenvalue weighted by Gasteiger charge is -2.19. The van der Waals surface area contributed by atoms with E-state index in [9.17, 15) is 15.0 Å². The summed E-state index contributed by atoms with van der Waals surface area (Å²) in [5.74, 6) is 0. The summed E-state index contributed by atoms with van der Waals surface area (Å²) in [4.78, 5) is 12.3. The number of hydrogen-bond donors (Lipinski definition) is 3. The Hall–Kier alpha value is -0.850. The van der Waals surface area contributed by atoms with Gasteiger partial charge >= 0.3 is 6.09 Å². The van der Waals surface area contributed by atoms with Crippen molar-refractivity contribution in [3.63, 3.8) is 0 Å². The summed E-state index contributed by atoms with van der Waals surface area (Å²) in [5, 5.41) is 27.8. The van der Waals surface area contributed by atoms with E-state index in [1.54, 1.807) is 0 Å². The number of nitrogens with zero attached hydrogens (tertiary/aromatic N) is 1. The fourth-order valence-corrected chi connectivity index (χ4v) is 1.91. The molecule has 2 aliphatic heterocycles. The molecule has 74 valence electrons. The topological polar surface area (TPSA) is 90.2 Å². The highest BCUT2D eigenvalue weighted by molar-refractivity contribution is 5.71. The smallest absolute Gasteiger partial charge is 0.410 e. The predicted molar refractivity (Wildman–Crippen MR) is 39.9 cm³/mol. The highest BCUT2D eigenvalue weighted by Gasteiger charge is 2.53. The molecule has 0 aromatic rings. The maximum Gasteiger partial charge on any atom is 0.410 e. The van der Waals surface area contributed by atoms with Crippen molar-refractivity contribution in [2.45, 2.75) is 24.3 Å². The van der Waals surface area contributed by atoms with Crippen molar-refractivity contribution in [1.82, 2.24) is 4.90 Å². The average Bonchev–Trinajstić information content (AvgIpc) is 2.58. The molecular formula is C7H11NO5. The molecule has 0 spiro atoms. The monoisotopic (exact) mass is 189 g/mol. The third-order valence-electron chi connectivity index (χ3n) is 2.63. The maximum atomic E-state index is 11.1. The van der Waals surface area contributed by atoms with Crippen molar-refractivity contribution in [2.24, 2.45) is 0 Å². The molecule has 2 heterocycles. The Kier molecular flexibility index (Phi) is 1.90. The minimum atomic E-state index is -1.08. The van der Waals surface area contributed by atoms with Crippen LogP contribution in [-0.2, 0) is 4.74 Å². The van der Waals surface area contributed by atoms with Gasteiger partial charge in [-0.3, -0.25) is 4.90 Å². The van der Waals surface area contributed by atoms with Gasteiger partial charge in [-0.25, -0.2) is 4.79 Å². The Balaban J connectivity index is 2.25. The molecule has 0 saturated carbocycles. The van der Waals surface area contributed by atoms with Crippen LogP contribution in [-0.4, -0.2) is 63.8 Å². The minimum absolute atomic E-state index is 0.0769.